The van der Waals surface area contributed by atoms with Crippen LogP contribution in [0.5, 0.6) is 0 Å². The van der Waals surface area contributed by atoms with Crippen molar-refractivity contribution in [3.8, 4) is 0 Å². The van der Waals surface area contributed by atoms with Gasteiger partial charge in [-0.1, -0.05) is 6.92 Å². The molecule has 16 heavy (non-hydrogen) atoms. The van der Waals surface area contributed by atoms with Crippen molar-refractivity contribution in [2.45, 2.75) is 19.4 Å². The molecule has 1 unspecified atom stereocenters. The molecule has 1 heterocycles. The standard InChI is InChI=1S/C12H16FN3/c1-4-9(14-2)12-15-10-7-8(13)5-6-11(10)16(12)3/h5-7,9,14H,4H2,1-3H3. The summed E-state index contributed by atoms with van der Waals surface area (Å²) in [5.74, 6) is 0.709. The molecule has 1 atom stereocenters. The van der Waals surface area contributed by atoms with Crippen molar-refractivity contribution in [3.05, 3.63) is 29.8 Å². The number of hydrogen-bond donors (Lipinski definition) is 1. The number of benzene rings is 1. The van der Waals surface area contributed by atoms with Crippen molar-refractivity contribution in [3.63, 3.8) is 0 Å². The summed E-state index contributed by atoms with van der Waals surface area (Å²) < 4.78 is 15.1. The van der Waals surface area contributed by atoms with Crippen molar-refractivity contribution in [1.82, 2.24) is 14.9 Å². The van der Waals surface area contributed by atoms with Gasteiger partial charge in [0.1, 0.15) is 11.6 Å². The molecule has 2 aromatic rings. The topological polar surface area (TPSA) is 29.9 Å². The smallest absolute Gasteiger partial charge is 0.126 e. The molecule has 0 saturated heterocycles. The highest BCUT2D eigenvalue weighted by Gasteiger charge is 2.15. The summed E-state index contributed by atoms with van der Waals surface area (Å²) >= 11 is 0. The molecule has 1 aromatic heterocycles. The quantitative estimate of drug-likeness (QED) is 0.862. The number of hydrogen-bond acceptors (Lipinski definition) is 2. The monoisotopic (exact) mass is 221 g/mol. The zero-order chi connectivity index (χ0) is 11.7. The molecule has 3 nitrogen and oxygen atoms in total. The van der Waals surface area contributed by atoms with E-state index in [9.17, 15) is 4.39 Å². The second kappa shape index (κ2) is 4.22. The van der Waals surface area contributed by atoms with Crippen molar-refractivity contribution in [1.29, 1.82) is 0 Å². The maximum atomic E-state index is 13.1. The SMILES string of the molecule is CCC(NC)c1nc2cc(F)ccc2n1C. The Morgan fingerprint density at radius 1 is 1.50 bits per heavy atom. The molecule has 0 aliphatic carbocycles. The van der Waals surface area contributed by atoms with Crippen molar-refractivity contribution < 1.29 is 4.39 Å². The number of nitrogens with one attached hydrogen (secondary N) is 1. The summed E-state index contributed by atoms with van der Waals surface area (Å²) in [7, 11) is 3.87. The van der Waals surface area contributed by atoms with E-state index in [1.165, 1.54) is 12.1 Å². The molecule has 0 radical (unpaired) electrons. The van der Waals surface area contributed by atoms with E-state index in [1.54, 1.807) is 6.07 Å². The van der Waals surface area contributed by atoms with Crippen LogP contribution in [0.4, 0.5) is 4.39 Å². The summed E-state index contributed by atoms with van der Waals surface area (Å²) in [6, 6.07) is 4.92. The molecule has 0 spiro atoms. The summed E-state index contributed by atoms with van der Waals surface area (Å²) in [6.07, 6.45) is 0.955. The van der Waals surface area contributed by atoms with Crippen LogP contribution in [0.25, 0.3) is 11.0 Å². The summed E-state index contributed by atoms with van der Waals surface area (Å²) in [5.41, 5.74) is 1.68. The third-order valence-electron chi connectivity index (χ3n) is 2.95. The first-order valence-corrected chi connectivity index (χ1v) is 5.46. The van der Waals surface area contributed by atoms with Gasteiger partial charge in [-0.15, -0.1) is 0 Å². The molecule has 0 bridgehead atoms. The predicted octanol–water partition coefficient (Wildman–Crippen LogP) is 2.38. The highest BCUT2D eigenvalue weighted by Crippen LogP contribution is 2.21. The van der Waals surface area contributed by atoms with Crippen LogP contribution in [-0.4, -0.2) is 16.6 Å². The number of imidazole rings is 1. The maximum absolute atomic E-state index is 13.1. The van der Waals surface area contributed by atoms with E-state index in [2.05, 4.69) is 17.2 Å². The van der Waals surface area contributed by atoms with Crippen LogP contribution in [0.15, 0.2) is 18.2 Å². The fourth-order valence-corrected chi connectivity index (χ4v) is 2.02. The van der Waals surface area contributed by atoms with Crippen LogP contribution < -0.4 is 5.32 Å². The Morgan fingerprint density at radius 2 is 2.25 bits per heavy atom. The van der Waals surface area contributed by atoms with Gasteiger partial charge >= 0.3 is 0 Å². The van der Waals surface area contributed by atoms with Gasteiger partial charge in [0.05, 0.1) is 17.1 Å². The lowest BCUT2D eigenvalue weighted by Gasteiger charge is -2.13. The average Bonchev–Trinajstić information content (AvgIpc) is 2.58. The minimum Gasteiger partial charge on any atom is -0.330 e. The first kappa shape index (κ1) is 11.1. The van der Waals surface area contributed by atoms with E-state index >= 15 is 0 Å². The lowest BCUT2D eigenvalue weighted by atomic mass is 10.2. The second-order valence-electron chi connectivity index (χ2n) is 3.91. The minimum atomic E-state index is -0.241. The van der Waals surface area contributed by atoms with Gasteiger partial charge in [-0.05, 0) is 25.6 Å². The molecule has 0 aliphatic rings. The van der Waals surface area contributed by atoms with Gasteiger partial charge in [0.25, 0.3) is 0 Å². The summed E-state index contributed by atoms with van der Waals surface area (Å²) in [6.45, 7) is 2.10. The minimum absolute atomic E-state index is 0.209. The Balaban J connectivity index is 2.59. The number of fused-ring (bicyclic) bond motifs is 1. The molecular weight excluding hydrogens is 205 g/mol. The van der Waals surface area contributed by atoms with Crippen LogP contribution in [-0.2, 0) is 7.05 Å². The van der Waals surface area contributed by atoms with Gasteiger partial charge in [-0.2, -0.15) is 0 Å². The fourth-order valence-electron chi connectivity index (χ4n) is 2.02. The van der Waals surface area contributed by atoms with Gasteiger partial charge in [0, 0.05) is 13.1 Å². The van der Waals surface area contributed by atoms with Gasteiger partial charge in [-0.25, -0.2) is 9.37 Å². The molecular formula is C12H16FN3. The fraction of sp³-hybridized carbons (Fsp3) is 0.417. The molecule has 0 fully saturated rings. The van der Waals surface area contributed by atoms with E-state index in [4.69, 9.17) is 0 Å². The molecule has 0 aliphatic heterocycles. The number of halogens is 1. The van der Waals surface area contributed by atoms with E-state index < -0.39 is 0 Å². The number of aromatic nitrogens is 2. The van der Waals surface area contributed by atoms with Crippen LogP contribution in [0.1, 0.15) is 25.2 Å². The molecule has 1 aromatic carbocycles. The Morgan fingerprint density at radius 3 is 2.88 bits per heavy atom. The number of nitrogens with zero attached hydrogens (tertiary/aromatic N) is 2. The zero-order valence-electron chi connectivity index (χ0n) is 9.79. The van der Waals surface area contributed by atoms with E-state index in [-0.39, 0.29) is 11.9 Å². The molecule has 0 saturated carbocycles. The van der Waals surface area contributed by atoms with Gasteiger partial charge in [0.2, 0.25) is 0 Å². The van der Waals surface area contributed by atoms with Crippen LogP contribution in [0, 0.1) is 5.82 Å². The Bertz CT molecular complexity index is 500. The van der Waals surface area contributed by atoms with Crippen LogP contribution in [0.3, 0.4) is 0 Å². The molecule has 4 heteroatoms. The molecule has 0 amide bonds. The van der Waals surface area contributed by atoms with E-state index in [0.29, 0.717) is 5.52 Å². The normalized spacial score (nSPS) is 13.2. The summed E-state index contributed by atoms with van der Waals surface area (Å²) in [5, 5.41) is 3.21. The molecule has 1 N–H and O–H groups in total. The highest BCUT2D eigenvalue weighted by atomic mass is 19.1. The van der Waals surface area contributed by atoms with Crippen molar-refractivity contribution in [2.75, 3.05) is 7.05 Å². The van der Waals surface area contributed by atoms with Crippen molar-refractivity contribution in [2.24, 2.45) is 7.05 Å². The second-order valence-corrected chi connectivity index (χ2v) is 3.91. The third-order valence-corrected chi connectivity index (χ3v) is 2.95. The molecule has 86 valence electrons. The number of aryl methyl sites for hydroxylation is 1. The van der Waals surface area contributed by atoms with Gasteiger partial charge in [-0.3, -0.25) is 0 Å². The van der Waals surface area contributed by atoms with Crippen LogP contribution in [0.2, 0.25) is 0 Å². The predicted molar refractivity (Wildman–Crippen MR) is 62.8 cm³/mol. The van der Waals surface area contributed by atoms with Crippen LogP contribution >= 0.6 is 0 Å². The van der Waals surface area contributed by atoms with Gasteiger partial charge in [0.15, 0.2) is 0 Å². The lowest BCUT2D eigenvalue weighted by Crippen LogP contribution is -2.19. The Labute approximate surface area is 94.3 Å². The highest BCUT2D eigenvalue weighted by molar-refractivity contribution is 5.76. The van der Waals surface area contributed by atoms with Gasteiger partial charge < -0.3 is 9.88 Å². The Hall–Kier alpha value is -1.42. The first-order valence-electron chi connectivity index (χ1n) is 5.46. The largest absolute Gasteiger partial charge is 0.330 e. The van der Waals surface area contributed by atoms with E-state index in [0.717, 1.165) is 17.8 Å². The third kappa shape index (κ3) is 1.69. The lowest BCUT2D eigenvalue weighted by molar-refractivity contribution is 0.529. The number of rotatable bonds is 3. The molecule has 2 rings (SSSR count). The summed E-state index contributed by atoms with van der Waals surface area (Å²) in [4.78, 5) is 4.48. The average molecular weight is 221 g/mol. The maximum Gasteiger partial charge on any atom is 0.126 e. The van der Waals surface area contributed by atoms with Crippen molar-refractivity contribution >= 4 is 11.0 Å². The first-order chi connectivity index (χ1) is 7.67. The van der Waals surface area contributed by atoms with E-state index in [1.807, 2.05) is 18.7 Å². The Kier molecular flexibility index (Phi) is 2.92. The zero-order valence-corrected chi connectivity index (χ0v) is 9.79.